The normalized spacial score (nSPS) is 18.4. The van der Waals surface area contributed by atoms with Gasteiger partial charge in [-0.15, -0.1) is 0 Å². The van der Waals surface area contributed by atoms with Crippen LogP contribution in [-0.4, -0.2) is 24.2 Å². The zero-order valence-electron chi connectivity index (χ0n) is 11.5. The molecule has 3 rings (SSSR count). The minimum Gasteiger partial charge on any atom is -0.508 e. The van der Waals surface area contributed by atoms with Gasteiger partial charge in [-0.05, 0) is 36.2 Å². The van der Waals surface area contributed by atoms with Crippen LogP contribution in [0.25, 0.3) is 0 Å². The first-order valence-corrected chi connectivity index (χ1v) is 7.12. The highest BCUT2D eigenvalue weighted by atomic mass is 16.3. The highest BCUT2D eigenvalue weighted by Crippen LogP contribution is 2.20. The van der Waals surface area contributed by atoms with Gasteiger partial charge in [-0.2, -0.15) is 0 Å². The lowest BCUT2D eigenvalue weighted by Gasteiger charge is -2.19. The average Bonchev–Trinajstić information content (AvgIpc) is 2.95. The van der Waals surface area contributed by atoms with E-state index in [1.807, 2.05) is 18.2 Å². The van der Waals surface area contributed by atoms with E-state index in [4.69, 9.17) is 0 Å². The van der Waals surface area contributed by atoms with Gasteiger partial charge in [0.2, 0.25) is 0 Å². The summed E-state index contributed by atoms with van der Waals surface area (Å²) in [5.74, 6) is 0.335. The molecule has 1 atom stereocenters. The maximum atomic E-state index is 9.46. The molecular formula is C17H20N2O. The van der Waals surface area contributed by atoms with E-state index in [0.717, 1.165) is 31.6 Å². The topological polar surface area (TPSA) is 35.5 Å². The first-order chi connectivity index (χ1) is 9.81. The Morgan fingerprint density at radius 2 is 1.95 bits per heavy atom. The Bertz CT molecular complexity index is 556. The quantitative estimate of drug-likeness (QED) is 0.895. The van der Waals surface area contributed by atoms with Crippen molar-refractivity contribution in [2.45, 2.75) is 19.0 Å². The van der Waals surface area contributed by atoms with Crippen molar-refractivity contribution in [2.24, 2.45) is 0 Å². The van der Waals surface area contributed by atoms with Gasteiger partial charge in [0.15, 0.2) is 0 Å². The van der Waals surface area contributed by atoms with Crippen LogP contribution in [-0.2, 0) is 6.54 Å². The largest absolute Gasteiger partial charge is 0.508 e. The molecule has 20 heavy (non-hydrogen) atoms. The third-order valence-corrected chi connectivity index (χ3v) is 3.82. The van der Waals surface area contributed by atoms with Gasteiger partial charge in [0.25, 0.3) is 0 Å². The summed E-state index contributed by atoms with van der Waals surface area (Å²) in [4.78, 5) is 2.42. The zero-order valence-corrected chi connectivity index (χ0v) is 11.5. The van der Waals surface area contributed by atoms with Crippen molar-refractivity contribution in [3.63, 3.8) is 0 Å². The fourth-order valence-electron chi connectivity index (χ4n) is 2.73. The van der Waals surface area contributed by atoms with Gasteiger partial charge in [-0.1, -0.05) is 30.3 Å². The maximum absolute atomic E-state index is 9.46. The summed E-state index contributed by atoms with van der Waals surface area (Å²) in [6.45, 7) is 2.95. The van der Waals surface area contributed by atoms with E-state index in [0.29, 0.717) is 11.8 Å². The Labute approximate surface area is 119 Å². The van der Waals surface area contributed by atoms with Gasteiger partial charge in [-0.3, -0.25) is 0 Å². The predicted molar refractivity (Wildman–Crippen MR) is 82.0 cm³/mol. The molecule has 2 N–H and O–H groups in total. The van der Waals surface area contributed by atoms with Gasteiger partial charge >= 0.3 is 0 Å². The first kappa shape index (κ1) is 13.0. The van der Waals surface area contributed by atoms with Crippen LogP contribution in [0.15, 0.2) is 54.6 Å². The number of aromatic hydroxyl groups is 1. The second kappa shape index (κ2) is 5.97. The molecule has 1 fully saturated rings. The third kappa shape index (κ3) is 3.11. The van der Waals surface area contributed by atoms with Crippen LogP contribution < -0.4 is 10.2 Å². The Balaban J connectivity index is 1.53. The molecule has 0 unspecified atom stereocenters. The van der Waals surface area contributed by atoms with Crippen molar-refractivity contribution in [2.75, 3.05) is 18.0 Å². The minimum absolute atomic E-state index is 0.335. The average molecular weight is 268 g/mol. The highest BCUT2D eigenvalue weighted by molar-refractivity contribution is 5.47. The number of para-hydroxylation sites is 1. The van der Waals surface area contributed by atoms with Crippen LogP contribution in [0.1, 0.15) is 12.0 Å². The molecule has 104 valence electrons. The van der Waals surface area contributed by atoms with Crippen LogP contribution in [0.2, 0.25) is 0 Å². The number of hydrogen-bond acceptors (Lipinski definition) is 3. The molecule has 0 spiro atoms. The number of rotatable bonds is 4. The molecule has 2 aromatic rings. The van der Waals surface area contributed by atoms with Crippen molar-refractivity contribution in [3.05, 3.63) is 60.2 Å². The molecule has 0 radical (unpaired) electrons. The molecular weight excluding hydrogens is 248 g/mol. The van der Waals surface area contributed by atoms with Gasteiger partial charge in [-0.25, -0.2) is 0 Å². The zero-order chi connectivity index (χ0) is 13.8. The summed E-state index contributed by atoms with van der Waals surface area (Å²) in [7, 11) is 0. The fraction of sp³-hybridized carbons (Fsp3) is 0.294. The number of phenols is 1. The van der Waals surface area contributed by atoms with E-state index in [1.54, 1.807) is 6.07 Å². The SMILES string of the molecule is Oc1cccc(CN[C@H]2CCN(c3ccccc3)C2)c1. The number of anilines is 1. The van der Waals surface area contributed by atoms with E-state index in [1.165, 1.54) is 5.69 Å². The molecule has 1 heterocycles. The molecule has 1 aliphatic heterocycles. The second-order valence-corrected chi connectivity index (χ2v) is 5.32. The van der Waals surface area contributed by atoms with Crippen molar-refractivity contribution in [1.29, 1.82) is 0 Å². The van der Waals surface area contributed by atoms with Crippen LogP contribution in [0, 0.1) is 0 Å². The third-order valence-electron chi connectivity index (χ3n) is 3.82. The Morgan fingerprint density at radius 1 is 1.10 bits per heavy atom. The molecule has 0 saturated carbocycles. The standard InChI is InChI=1S/C17H20N2O/c20-17-8-4-5-14(11-17)12-18-15-9-10-19(13-15)16-6-2-1-3-7-16/h1-8,11,15,18,20H,9-10,12-13H2/t15-/m0/s1. The summed E-state index contributed by atoms with van der Waals surface area (Å²) < 4.78 is 0. The molecule has 0 aromatic heterocycles. The van der Waals surface area contributed by atoms with Gasteiger partial charge in [0.1, 0.15) is 5.75 Å². The molecule has 0 bridgehead atoms. The first-order valence-electron chi connectivity index (χ1n) is 7.12. The molecule has 1 aliphatic rings. The van der Waals surface area contributed by atoms with Gasteiger partial charge < -0.3 is 15.3 Å². The minimum atomic E-state index is 0.335. The molecule has 0 amide bonds. The number of nitrogens with one attached hydrogen (secondary N) is 1. The summed E-state index contributed by atoms with van der Waals surface area (Å²) in [6.07, 6.45) is 1.16. The van der Waals surface area contributed by atoms with E-state index < -0.39 is 0 Å². The summed E-state index contributed by atoms with van der Waals surface area (Å²) in [6, 6.07) is 18.5. The molecule has 1 saturated heterocycles. The number of nitrogens with zero attached hydrogens (tertiary/aromatic N) is 1. The second-order valence-electron chi connectivity index (χ2n) is 5.32. The smallest absolute Gasteiger partial charge is 0.115 e. The number of benzene rings is 2. The molecule has 3 nitrogen and oxygen atoms in total. The Morgan fingerprint density at radius 3 is 2.75 bits per heavy atom. The summed E-state index contributed by atoms with van der Waals surface area (Å²) in [5.41, 5.74) is 2.43. The van der Waals surface area contributed by atoms with Crippen LogP contribution in [0.3, 0.4) is 0 Å². The molecule has 3 heteroatoms. The number of phenolic OH excluding ortho intramolecular Hbond substituents is 1. The molecule has 0 aliphatic carbocycles. The highest BCUT2D eigenvalue weighted by Gasteiger charge is 2.21. The lowest BCUT2D eigenvalue weighted by molar-refractivity contribution is 0.473. The van der Waals surface area contributed by atoms with Crippen molar-refractivity contribution in [3.8, 4) is 5.75 Å². The fourth-order valence-corrected chi connectivity index (χ4v) is 2.73. The number of hydrogen-bond donors (Lipinski definition) is 2. The van der Waals surface area contributed by atoms with Gasteiger partial charge in [0.05, 0.1) is 0 Å². The lowest BCUT2D eigenvalue weighted by Crippen LogP contribution is -2.32. The van der Waals surface area contributed by atoms with Crippen molar-refractivity contribution >= 4 is 5.69 Å². The monoisotopic (exact) mass is 268 g/mol. The molecule has 2 aromatic carbocycles. The van der Waals surface area contributed by atoms with Crippen LogP contribution in [0.4, 0.5) is 5.69 Å². The Kier molecular flexibility index (Phi) is 3.88. The van der Waals surface area contributed by atoms with Crippen molar-refractivity contribution in [1.82, 2.24) is 5.32 Å². The van der Waals surface area contributed by atoms with E-state index in [-0.39, 0.29) is 0 Å². The summed E-state index contributed by atoms with van der Waals surface area (Å²) in [5, 5.41) is 13.0. The van der Waals surface area contributed by atoms with Gasteiger partial charge in [0, 0.05) is 31.4 Å². The lowest BCUT2D eigenvalue weighted by atomic mass is 10.2. The summed E-state index contributed by atoms with van der Waals surface area (Å²) >= 11 is 0. The van der Waals surface area contributed by atoms with Crippen LogP contribution in [0.5, 0.6) is 5.75 Å². The predicted octanol–water partition coefficient (Wildman–Crippen LogP) is 2.76. The van der Waals surface area contributed by atoms with Crippen molar-refractivity contribution < 1.29 is 5.11 Å². The van der Waals surface area contributed by atoms with E-state index >= 15 is 0 Å². The van der Waals surface area contributed by atoms with E-state index in [2.05, 4.69) is 40.5 Å². The van der Waals surface area contributed by atoms with Crippen LogP contribution >= 0.6 is 0 Å². The van der Waals surface area contributed by atoms with E-state index in [9.17, 15) is 5.11 Å². The maximum Gasteiger partial charge on any atom is 0.115 e. The Hall–Kier alpha value is -2.00.